The Morgan fingerprint density at radius 2 is 1.95 bits per heavy atom. The molecule has 2 nitrogen and oxygen atoms in total. The molecule has 0 atom stereocenters. The molecule has 0 fully saturated rings. The predicted octanol–water partition coefficient (Wildman–Crippen LogP) is 4.79. The fourth-order valence-electron chi connectivity index (χ4n) is 2.11. The molecule has 0 aliphatic heterocycles. The van der Waals surface area contributed by atoms with Crippen molar-refractivity contribution < 1.29 is 8.78 Å². The van der Waals surface area contributed by atoms with E-state index in [-0.39, 0.29) is 6.54 Å². The zero-order valence-corrected chi connectivity index (χ0v) is 12.6. The molecule has 0 saturated heterocycles. The number of aromatic nitrogens is 2. The molecule has 0 spiro atoms. The van der Waals surface area contributed by atoms with E-state index in [4.69, 9.17) is 12.2 Å². The zero-order valence-electron chi connectivity index (χ0n) is 10.2. The number of fused-ring (bicyclic) bond motifs is 1. The number of hydrogen-bond acceptors (Lipinski definition) is 1. The minimum atomic E-state index is -0.585. The number of aromatic amines is 1. The Morgan fingerprint density at radius 1 is 1.15 bits per heavy atom. The Hall–Kier alpha value is -1.53. The summed E-state index contributed by atoms with van der Waals surface area (Å²) in [6.07, 6.45) is 0. The van der Waals surface area contributed by atoms with Crippen LogP contribution in [0.5, 0.6) is 0 Å². The number of nitrogens with one attached hydrogen (secondary N) is 1. The summed E-state index contributed by atoms with van der Waals surface area (Å²) in [5.41, 5.74) is 2.14. The number of halogens is 3. The van der Waals surface area contributed by atoms with Crippen LogP contribution >= 0.6 is 28.1 Å². The standard InChI is InChI=1S/C14H9BrF2N2S/c15-9-2-4-13-12(5-9)18-14(20)19(13)7-8-1-3-10(16)6-11(8)17/h1-6H,7H2,(H,18,20). The summed E-state index contributed by atoms with van der Waals surface area (Å²) in [6, 6.07) is 9.25. The van der Waals surface area contributed by atoms with Crippen LogP contribution in [0.15, 0.2) is 40.9 Å². The number of imidazole rings is 1. The van der Waals surface area contributed by atoms with Crippen LogP contribution < -0.4 is 0 Å². The van der Waals surface area contributed by atoms with Crippen LogP contribution in [0.25, 0.3) is 11.0 Å². The molecule has 0 bridgehead atoms. The molecule has 1 aromatic heterocycles. The van der Waals surface area contributed by atoms with Crippen LogP contribution in [-0.4, -0.2) is 9.55 Å². The molecule has 0 saturated carbocycles. The number of hydrogen-bond donors (Lipinski definition) is 1. The summed E-state index contributed by atoms with van der Waals surface area (Å²) in [5, 5.41) is 0. The van der Waals surface area contributed by atoms with Crippen molar-refractivity contribution in [2.75, 3.05) is 0 Å². The highest BCUT2D eigenvalue weighted by molar-refractivity contribution is 9.10. The van der Waals surface area contributed by atoms with Gasteiger partial charge in [-0.05, 0) is 36.5 Å². The first kappa shape index (κ1) is 13.5. The van der Waals surface area contributed by atoms with Crippen molar-refractivity contribution in [3.05, 3.63) is 62.8 Å². The third kappa shape index (κ3) is 2.41. The molecule has 6 heteroatoms. The fraction of sp³-hybridized carbons (Fsp3) is 0.0714. The van der Waals surface area contributed by atoms with Gasteiger partial charge in [-0.1, -0.05) is 22.0 Å². The highest BCUT2D eigenvalue weighted by Crippen LogP contribution is 2.21. The topological polar surface area (TPSA) is 20.7 Å². The van der Waals surface area contributed by atoms with E-state index in [0.717, 1.165) is 21.6 Å². The van der Waals surface area contributed by atoms with Gasteiger partial charge in [0.1, 0.15) is 11.6 Å². The third-order valence-electron chi connectivity index (χ3n) is 3.08. The van der Waals surface area contributed by atoms with E-state index in [0.29, 0.717) is 10.3 Å². The van der Waals surface area contributed by atoms with Gasteiger partial charge >= 0.3 is 0 Å². The van der Waals surface area contributed by atoms with Crippen molar-refractivity contribution in [3.63, 3.8) is 0 Å². The Labute approximate surface area is 127 Å². The van der Waals surface area contributed by atoms with Crippen LogP contribution in [-0.2, 0) is 6.54 Å². The van der Waals surface area contributed by atoms with Crippen molar-refractivity contribution in [3.8, 4) is 0 Å². The molecule has 0 aliphatic carbocycles. The van der Waals surface area contributed by atoms with Crippen molar-refractivity contribution in [2.45, 2.75) is 6.54 Å². The van der Waals surface area contributed by atoms with Gasteiger partial charge in [0.15, 0.2) is 4.77 Å². The van der Waals surface area contributed by atoms with Crippen molar-refractivity contribution in [1.82, 2.24) is 9.55 Å². The Bertz CT molecular complexity index is 854. The molecule has 0 radical (unpaired) electrons. The molecule has 102 valence electrons. The average molecular weight is 355 g/mol. The van der Waals surface area contributed by atoms with E-state index in [2.05, 4.69) is 20.9 Å². The molecule has 3 aromatic rings. The average Bonchev–Trinajstić information content (AvgIpc) is 2.68. The molecular weight excluding hydrogens is 346 g/mol. The smallest absolute Gasteiger partial charge is 0.178 e. The van der Waals surface area contributed by atoms with E-state index in [1.807, 2.05) is 18.2 Å². The number of rotatable bonds is 2. The lowest BCUT2D eigenvalue weighted by Gasteiger charge is -2.06. The second-order valence-electron chi connectivity index (χ2n) is 4.41. The molecule has 0 aliphatic rings. The van der Waals surface area contributed by atoms with Crippen molar-refractivity contribution in [1.29, 1.82) is 0 Å². The second kappa shape index (κ2) is 5.10. The molecular formula is C14H9BrF2N2S. The Kier molecular flexibility index (Phi) is 3.43. The minimum absolute atomic E-state index is 0.257. The highest BCUT2D eigenvalue weighted by atomic mass is 79.9. The lowest BCUT2D eigenvalue weighted by molar-refractivity contribution is 0.567. The van der Waals surface area contributed by atoms with Gasteiger partial charge in [-0.25, -0.2) is 8.78 Å². The Balaban J connectivity index is 2.11. The molecule has 2 aromatic carbocycles. The molecule has 0 amide bonds. The van der Waals surface area contributed by atoms with Crippen LogP contribution in [0.2, 0.25) is 0 Å². The summed E-state index contributed by atoms with van der Waals surface area (Å²) in [4.78, 5) is 3.07. The van der Waals surface area contributed by atoms with Gasteiger partial charge in [0.25, 0.3) is 0 Å². The lowest BCUT2D eigenvalue weighted by Crippen LogP contribution is -2.02. The third-order valence-corrected chi connectivity index (χ3v) is 3.90. The molecule has 20 heavy (non-hydrogen) atoms. The summed E-state index contributed by atoms with van der Waals surface area (Å²) in [6.45, 7) is 0.257. The van der Waals surface area contributed by atoms with Crippen molar-refractivity contribution >= 4 is 39.2 Å². The SMILES string of the molecule is Fc1ccc(Cn2c(=S)[nH]c3cc(Br)ccc32)c(F)c1. The molecule has 1 N–H and O–H groups in total. The van der Waals surface area contributed by atoms with Crippen LogP contribution in [0.3, 0.4) is 0 Å². The maximum atomic E-state index is 13.7. The van der Waals surface area contributed by atoms with Crippen LogP contribution in [0.1, 0.15) is 5.56 Å². The first-order valence-electron chi connectivity index (χ1n) is 5.86. The van der Waals surface area contributed by atoms with E-state index in [9.17, 15) is 8.78 Å². The second-order valence-corrected chi connectivity index (χ2v) is 5.72. The largest absolute Gasteiger partial charge is 0.331 e. The maximum absolute atomic E-state index is 13.7. The number of H-pyrrole nitrogens is 1. The monoisotopic (exact) mass is 354 g/mol. The van der Waals surface area contributed by atoms with Gasteiger partial charge in [0.05, 0.1) is 17.6 Å². The predicted molar refractivity (Wildman–Crippen MR) is 80.3 cm³/mol. The fourth-order valence-corrected chi connectivity index (χ4v) is 2.75. The maximum Gasteiger partial charge on any atom is 0.178 e. The van der Waals surface area contributed by atoms with Gasteiger partial charge in [0, 0.05) is 16.1 Å². The van der Waals surface area contributed by atoms with Gasteiger partial charge < -0.3 is 9.55 Å². The van der Waals surface area contributed by atoms with Gasteiger partial charge in [-0.3, -0.25) is 0 Å². The molecule has 0 unspecified atom stereocenters. The van der Waals surface area contributed by atoms with Crippen LogP contribution in [0, 0.1) is 16.4 Å². The van der Waals surface area contributed by atoms with Crippen molar-refractivity contribution in [2.24, 2.45) is 0 Å². The first-order chi connectivity index (χ1) is 9.54. The number of nitrogens with zero attached hydrogens (tertiary/aromatic N) is 1. The van der Waals surface area contributed by atoms with E-state index >= 15 is 0 Å². The highest BCUT2D eigenvalue weighted by Gasteiger charge is 2.09. The summed E-state index contributed by atoms with van der Waals surface area (Å²) >= 11 is 8.65. The first-order valence-corrected chi connectivity index (χ1v) is 7.07. The molecule has 1 heterocycles. The van der Waals surface area contributed by atoms with E-state index in [1.54, 1.807) is 4.57 Å². The van der Waals surface area contributed by atoms with E-state index in [1.165, 1.54) is 12.1 Å². The quantitative estimate of drug-likeness (QED) is 0.656. The van der Waals surface area contributed by atoms with Gasteiger partial charge in [-0.15, -0.1) is 0 Å². The Morgan fingerprint density at radius 3 is 2.70 bits per heavy atom. The lowest BCUT2D eigenvalue weighted by atomic mass is 10.2. The number of benzene rings is 2. The summed E-state index contributed by atoms with van der Waals surface area (Å²) in [5.74, 6) is -1.16. The van der Waals surface area contributed by atoms with E-state index < -0.39 is 11.6 Å². The zero-order chi connectivity index (χ0) is 14.3. The van der Waals surface area contributed by atoms with Crippen LogP contribution in [0.4, 0.5) is 8.78 Å². The van der Waals surface area contributed by atoms with Gasteiger partial charge in [-0.2, -0.15) is 0 Å². The summed E-state index contributed by atoms with van der Waals surface area (Å²) in [7, 11) is 0. The summed E-state index contributed by atoms with van der Waals surface area (Å²) < 4.78 is 29.9. The normalized spacial score (nSPS) is 11.2. The minimum Gasteiger partial charge on any atom is -0.331 e. The van der Waals surface area contributed by atoms with Gasteiger partial charge in [0.2, 0.25) is 0 Å². The molecule has 3 rings (SSSR count).